The van der Waals surface area contributed by atoms with E-state index in [0.29, 0.717) is 53.6 Å². The Labute approximate surface area is 350 Å². The van der Waals surface area contributed by atoms with Crippen LogP contribution in [-0.2, 0) is 16.6 Å². The first-order valence-electron chi connectivity index (χ1n) is 21.5. The van der Waals surface area contributed by atoms with Gasteiger partial charge in [-0.3, -0.25) is 29.4 Å². The third-order valence-electron chi connectivity index (χ3n) is 13.1. The number of carbonyl (C=O) groups excluding carboxylic acids is 3. The van der Waals surface area contributed by atoms with Gasteiger partial charge in [0.25, 0.3) is 5.91 Å². The number of benzene rings is 3. The highest BCUT2D eigenvalue weighted by atomic mass is 16.5. The molecule has 60 heavy (non-hydrogen) atoms. The third-order valence-corrected chi connectivity index (χ3v) is 13.1. The van der Waals surface area contributed by atoms with Crippen molar-refractivity contribution in [2.45, 2.75) is 75.9 Å². The summed E-state index contributed by atoms with van der Waals surface area (Å²) in [6.45, 7) is 5.89. The molecule has 2 atom stereocenters. The average molecular weight is 809 g/mol. The molecule has 5 aromatic rings. The maximum absolute atomic E-state index is 13.2. The Hall–Kier alpha value is -6.00. The van der Waals surface area contributed by atoms with Crippen molar-refractivity contribution in [3.63, 3.8) is 0 Å². The van der Waals surface area contributed by atoms with Gasteiger partial charge >= 0.3 is 0 Å². The van der Waals surface area contributed by atoms with Gasteiger partial charge in [-0.15, -0.1) is 0 Å². The molecule has 310 valence electrons. The van der Waals surface area contributed by atoms with E-state index in [1.54, 1.807) is 16.9 Å². The largest absolute Gasteiger partial charge is 0.493 e. The van der Waals surface area contributed by atoms with E-state index in [1.165, 1.54) is 5.69 Å². The molecule has 4 aliphatic rings. The van der Waals surface area contributed by atoms with E-state index in [2.05, 4.69) is 48.7 Å². The van der Waals surface area contributed by atoms with E-state index in [1.807, 2.05) is 55.6 Å². The van der Waals surface area contributed by atoms with Crippen molar-refractivity contribution >= 4 is 45.2 Å². The summed E-state index contributed by atoms with van der Waals surface area (Å²) in [5.74, 6) is 1.67. The lowest BCUT2D eigenvalue weighted by atomic mass is 9.92. The van der Waals surface area contributed by atoms with Gasteiger partial charge in [-0.25, -0.2) is 0 Å². The summed E-state index contributed by atoms with van der Waals surface area (Å²) in [5.41, 5.74) is 4.69. The number of aryl methyl sites for hydroxylation is 1. The van der Waals surface area contributed by atoms with Crippen LogP contribution in [0.5, 0.6) is 11.5 Å². The standard InChI is InChI=1S/C47H52N8O5/c1-53-41-15-13-37(25-40(41)45(52-53)39-14-17-43(56)51-47(39)58)59-29-31-18-22-54(28-31)27-30-19-23-55(24-20-30)35-9-4-32(5-10-35)46(57)50-34-7-11-36(12-8-34)60-42-16-6-33(26-48)44-38(42)3-2-21-49-44/h2-6,9-10,13,15-16,21,25,30-31,34,36,39H,7-8,11-12,14,17-20,22-24,27-29H2,1H3,(H,50,57)(H,51,56,58)/t31-,34?,36?,39?/m1/s1. The predicted octanol–water partition coefficient (Wildman–Crippen LogP) is 6.25. The summed E-state index contributed by atoms with van der Waals surface area (Å²) < 4.78 is 14.5. The molecular formula is C47H52N8O5. The lowest BCUT2D eigenvalue weighted by Gasteiger charge is -2.35. The van der Waals surface area contributed by atoms with Gasteiger partial charge in [0, 0.05) is 79.8 Å². The number of fused-ring (bicyclic) bond motifs is 2. The van der Waals surface area contributed by atoms with Gasteiger partial charge in [-0.05, 0) is 131 Å². The summed E-state index contributed by atoms with van der Waals surface area (Å²) in [6, 6.07) is 23.8. The number of imide groups is 1. The summed E-state index contributed by atoms with van der Waals surface area (Å²) >= 11 is 0. The maximum Gasteiger partial charge on any atom is 0.251 e. The molecule has 0 spiro atoms. The second-order valence-corrected chi connectivity index (χ2v) is 17.1. The molecule has 3 amide bonds. The lowest BCUT2D eigenvalue weighted by molar-refractivity contribution is -0.134. The van der Waals surface area contributed by atoms with Crippen molar-refractivity contribution in [3.8, 4) is 17.6 Å². The van der Waals surface area contributed by atoms with Crippen molar-refractivity contribution in [1.82, 2.24) is 30.3 Å². The number of nitrogens with zero attached hydrogens (tertiary/aromatic N) is 6. The molecule has 1 unspecified atom stereocenters. The molecule has 9 rings (SSSR count). The molecular weight excluding hydrogens is 757 g/mol. The van der Waals surface area contributed by atoms with Crippen LogP contribution in [0.3, 0.4) is 0 Å². The minimum Gasteiger partial charge on any atom is -0.493 e. The normalized spacial score (nSPS) is 22.8. The van der Waals surface area contributed by atoms with Gasteiger partial charge in [0.15, 0.2) is 0 Å². The van der Waals surface area contributed by atoms with E-state index in [0.717, 1.165) is 105 Å². The van der Waals surface area contributed by atoms with E-state index in [4.69, 9.17) is 9.47 Å². The zero-order chi connectivity index (χ0) is 41.2. The van der Waals surface area contributed by atoms with Crippen LogP contribution < -0.4 is 25.0 Å². The Morgan fingerprint density at radius 3 is 2.50 bits per heavy atom. The van der Waals surface area contributed by atoms with Crippen LogP contribution in [0.1, 0.15) is 85.3 Å². The fourth-order valence-corrected chi connectivity index (χ4v) is 9.68. The lowest BCUT2D eigenvalue weighted by Crippen LogP contribution is -2.40. The number of nitriles is 1. The van der Waals surface area contributed by atoms with Crippen molar-refractivity contribution < 1.29 is 23.9 Å². The van der Waals surface area contributed by atoms with Crippen LogP contribution in [0, 0.1) is 23.2 Å². The number of nitrogens with one attached hydrogen (secondary N) is 2. The highest BCUT2D eigenvalue weighted by Gasteiger charge is 2.32. The van der Waals surface area contributed by atoms with E-state index in [-0.39, 0.29) is 29.9 Å². The average Bonchev–Trinajstić information content (AvgIpc) is 3.86. The summed E-state index contributed by atoms with van der Waals surface area (Å²) in [5, 5.41) is 21.6. The number of carbonyl (C=O) groups is 3. The monoisotopic (exact) mass is 808 g/mol. The summed E-state index contributed by atoms with van der Waals surface area (Å²) in [4.78, 5) is 47.0. The minimum absolute atomic E-state index is 0.0309. The Morgan fingerprint density at radius 2 is 1.72 bits per heavy atom. The van der Waals surface area contributed by atoms with Crippen molar-refractivity contribution in [3.05, 3.63) is 89.7 Å². The summed E-state index contributed by atoms with van der Waals surface area (Å²) in [6.07, 6.45) is 9.32. The topological polar surface area (TPSA) is 155 Å². The number of hydrogen-bond donors (Lipinski definition) is 2. The Kier molecular flexibility index (Phi) is 11.4. The fourth-order valence-electron chi connectivity index (χ4n) is 9.68. The van der Waals surface area contributed by atoms with Crippen molar-refractivity contribution in [1.29, 1.82) is 5.26 Å². The molecule has 0 bridgehead atoms. The molecule has 13 nitrogen and oxygen atoms in total. The zero-order valence-corrected chi connectivity index (χ0v) is 34.1. The Morgan fingerprint density at radius 1 is 0.917 bits per heavy atom. The number of pyridine rings is 1. The van der Waals surface area contributed by atoms with Crippen molar-refractivity contribution in [2.24, 2.45) is 18.9 Å². The van der Waals surface area contributed by atoms with Crippen LogP contribution in [-0.4, -0.2) is 88.9 Å². The van der Waals surface area contributed by atoms with Crippen LogP contribution >= 0.6 is 0 Å². The molecule has 5 heterocycles. The number of hydrogen-bond acceptors (Lipinski definition) is 10. The number of aromatic nitrogens is 3. The van der Waals surface area contributed by atoms with Crippen LogP contribution in [0.25, 0.3) is 21.8 Å². The molecule has 3 aliphatic heterocycles. The summed E-state index contributed by atoms with van der Waals surface area (Å²) in [7, 11) is 1.88. The first kappa shape index (κ1) is 39.5. The van der Waals surface area contributed by atoms with Gasteiger partial charge in [-0.1, -0.05) is 0 Å². The molecule has 1 saturated carbocycles. The van der Waals surface area contributed by atoms with E-state index < -0.39 is 5.92 Å². The molecule has 3 saturated heterocycles. The van der Waals surface area contributed by atoms with Gasteiger partial charge in [0.1, 0.15) is 17.6 Å². The van der Waals surface area contributed by atoms with Gasteiger partial charge in [0.2, 0.25) is 11.8 Å². The molecule has 3 aromatic carbocycles. The van der Waals surface area contributed by atoms with Gasteiger partial charge in [0.05, 0.1) is 40.9 Å². The second kappa shape index (κ2) is 17.3. The first-order valence-corrected chi connectivity index (χ1v) is 21.5. The van der Waals surface area contributed by atoms with Crippen LogP contribution in [0.15, 0.2) is 72.9 Å². The molecule has 4 fully saturated rings. The quantitative estimate of drug-likeness (QED) is 0.146. The minimum atomic E-state index is -0.441. The molecule has 1 aliphatic carbocycles. The van der Waals surface area contributed by atoms with Crippen LogP contribution in [0.4, 0.5) is 5.69 Å². The van der Waals surface area contributed by atoms with Gasteiger partial charge in [-0.2, -0.15) is 10.4 Å². The smallest absolute Gasteiger partial charge is 0.251 e. The maximum atomic E-state index is 13.2. The number of likely N-dealkylation sites (tertiary alicyclic amines) is 1. The zero-order valence-electron chi connectivity index (χ0n) is 34.1. The molecule has 2 aromatic heterocycles. The molecule has 0 radical (unpaired) electrons. The Balaban J connectivity index is 0.695. The number of amides is 3. The third kappa shape index (κ3) is 8.52. The number of anilines is 1. The number of rotatable bonds is 11. The molecule has 13 heteroatoms. The number of ether oxygens (including phenoxy) is 2. The molecule has 2 N–H and O–H groups in total. The first-order chi connectivity index (χ1) is 29.3. The van der Waals surface area contributed by atoms with E-state index in [9.17, 15) is 19.6 Å². The SMILES string of the molecule is Cn1nc(C2CCC(=O)NC2=O)c2cc(OC[C@@H]3CCN(CC4CCN(c5ccc(C(=O)NC6CCC(Oc7ccc(C#N)c8ncccc78)CC6)cc5)CC4)C3)ccc21. The fraction of sp³-hybridized carbons (Fsp3) is 0.447. The van der Waals surface area contributed by atoms with Gasteiger partial charge < -0.3 is 24.6 Å². The second-order valence-electron chi connectivity index (χ2n) is 17.1. The number of piperidine rings is 2. The van der Waals surface area contributed by atoms with Crippen LogP contribution in [0.2, 0.25) is 0 Å². The highest BCUT2D eigenvalue weighted by molar-refractivity contribution is 6.02. The predicted molar refractivity (Wildman–Crippen MR) is 228 cm³/mol. The van der Waals surface area contributed by atoms with E-state index >= 15 is 0 Å². The highest BCUT2D eigenvalue weighted by Crippen LogP contribution is 2.34. The Bertz CT molecular complexity index is 2430. The van der Waals surface area contributed by atoms with Crippen molar-refractivity contribution in [2.75, 3.05) is 44.2 Å².